The average molecular weight is 864 g/mol. The minimum atomic E-state index is -1.32. The fourth-order valence-corrected chi connectivity index (χ4v) is 11.2. The number of fused-ring (bicyclic) bond motifs is 1. The van der Waals surface area contributed by atoms with Crippen molar-refractivity contribution in [2.45, 2.75) is 56.3 Å². The molecule has 0 saturated carbocycles. The minimum Gasteiger partial charge on any atom is -0.476 e. The van der Waals surface area contributed by atoms with Crippen LogP contribution in [-0.4, -0.2) is 115 Å². The predicted octanol–water partition coefficient (Wildman–Crippen LogP) is 4.76. The molecule has 1 unspecified atom stereocenters. The molecule has 3 aromatic carbocycles. The van der Waals surface area contributed by atoms with Gasteiger partial charge in [0.1, 0.15) is 11.7 Å². The number of nitrogens with one attached hydrogen (secondary N) is 1. The maximum atomic E-state index is 14.3. The van der Waals surface area contributed by atoms with Crippen LogP contribution in [0.3, 0.4) is 0 Å². The van der Waals surface area contributed by atoms with Crippen molar-refractivity contribution in [1.29, 1.82) is 0 Å². The number of nitrogen functional groups attached to an aromatic ring is 1. The Hall–Kier alpha value is -6.33. The van der Waals surface area contributed by atoms with Gasteiger partial charge in [-0.05, 0) is 43.8 Å². The second-order valence-corrected chi connectivity index (χ2v) is 17.7. The normalized spacial score (nSPS) is 21.6. The Balaban J connectivity index is 1.04. The summed E-state index contributed by atoms with van der Waals surface area (Å²) in [6.07, 6.45) is 1.72. The molecule has 15 nitrogen and oxygen atoms in total. The van der Waals surface area contributed by atoms with Gasteiger partial charge in [0, 0.05) is 53.3 Å². The molecule has 4 amide bonds. The van der Waals surface area contributed by atoms with E-state index in [4.69, 9.17) is 15.3 Å². The summed E-state index contributed by atoms with van der Waals surface area (Å²) in [4.78, 5) is 82.4. The maximum Gasteiger partial charge on any atom is 0.409 e. The lowest BCUT2D eigenvalue weighted by molar-refractivity contribution is -0.148. The van der Waals surface area contributed by atoms with Crippen LogP contribution in [-0.2, 0) is 34.4 Å². The first kappa shape index (κ1) is 41.4. The number of aromatic nitrogens is 1. The number of nitrogens with two attached hydrogens (primary N) is 1. The largest absolute Gasteiger partial charge is 0.476 e. The second kappa shape index (κ2) is 17.7. The molecule has 61 heavy (non-hydrogen) atoms. The van der Waals surface area contributed by atoms with Crippen LogP contribution in [0.1, 0.15) is 55.0 Å². The SMILES string of the molecule is CCOC(=O)N1CCC(N2CC/C(=C\S3=C(C(=O)O)N4C(=O)[C@H](NC(=O)/C(=N\OC(c5ccccc5)(c5ccccc5)c5ccccc5)c5csc(N)n5)[C@H]4CC3)C2=O)CC1. The number of carbonyl (C=O) groups excluding carboxylic acids is 4. The lowest BCUT2D eigenvalue weighted by Gasteiger charge is -2.50. The van der Waals surface area contributed by atoms with E-state index in [9.17, 15) is 29.1 Å². The summed E-state index contributed by atoms with van der Waals surface area (Å²) in [7, 11) is -1.04. The number of anilines is 1. The highest BCUT2D eigenvalue weighted by Gasteiger charge is 2.54. The molecule has 4 N–H and O–H groups in total. The van der Waals surface area contributed by atoms with Crippen molar-refractivity contribution in [2.75, 3.05) is 37.7 Å². The molecule has 0 bridgehead atoms. The third kappa shape index (κ3) is 8.02. The number of β-lactam (4-membered cyclic amide) rings is 1. The fourth-order valence-electron chi connectivity index (χ4n) is 8.49. The van der Waals surface area contributed by atoms with Gasteiger partial charge in [-0.3, -0.25) is 19.3 Å². The number of thiazole rings is 1. The first-order chi connectivity index (χ1) is 29.6. The summed E-state index contributed by atoms with van der Waals surface area (Å²) in [5.74, 6) is -2.37. The third-order valence-electron chi connectivity index (χ3n) is 11.5. The minimum absolute atomic E-state index is 0.0432. The van der Waals surface area contributed by atoms with Crippen molar-refractivity contribution in [3.05, 3.63) is 130 Å². The summed E-state index contributed by atoms with van der Waals surface area (Å²) >= 11 is 1.11. The molecule has 3 saturated heterocycles. The number of rotatable bonds is 12. The number of likely N-dealkylation sites (tertiary alicyclic amines) is 2. The number of nitrogens with zero attached hydrogens (tertiary/aromatic N) is 5. The van der Waals surface area contributed by atoms with Crippen LogP contribution in [0.2, 0.25) is 0 Å². The number of benzene rings is 3. The fraction of sp³-hybridized carbons (Fsp3) is 0.318. The molecule has 3 atom stereocenters. The Morgan fingerprint density at radius 3 is 2.10 bits per heavy atom. The zero-order valence-corrected chi connectivity index (χ0v) is 35.0. The molecule has 5 heterocycles. The molecule has 4 aliphatic rings. The quantitative estimate of drug-likeness (QED) is 0.0446. The Labute approximate surface area is 358 Å². The van der Waals surface area contributed by atoms with Gasteiger partial charge >= 0.3 is 12.1 Å². The number of carboxylic acid groups (broad SMARTS) is 1. The van der Waals surface area contributed by atoms with Crippen molar-refractivity contribution in [3.8, 4) is 0 Å². The zero-order valence-electron chi connectivity index (χ0n) is 33.3. The van der Waals surface area contributed by atoms with E-state index in [2.05, 4.69) is 15.5 Å². The maximum absolute atomic E-state index is 14.3. The van der Waals surface area contributed by atoms with Gasteiger partial charge in [-0.15, -0.1) is 21.8 Å². The molecule has 0 aliphatic carbocycles. The Morgan fingerprint density at radius 1 is 0.951 bits per heavy atom. The van der Waals surface area contributed by atoms with E-state index < -0.39 is 46.0 Å². The first-order valence-corrected chi connectivity index (χ1v) is 22.5. The van der Waals surface area contributed by atoms with Crippen molar-refractivity contribution in [1.82, 2.24) is 25.0 Å². The molecule has 3 fully saturated rings. The van der Waals surface area contributed by atoms with Gasteiger partial charge in [-0.25, -0.2) is 14.6 Å². The molecule has 8 rings (SSSR count). The highest BCUT2D eigenvalue weighted by Crippen LogP contribution is 2.42. The summed E-state index contributed by atoms with van der Waals surface area (Å²) in [6.45, 7) is 3.52. The van der Waals surface area contributed by atoms with E-state index in [0.29, 0.717) is 63.3 Å². The molecule has 0 radical (unpaired) electrons. The lowest BCUT2D eigenvalue weighted by Crippen LogP contribution is -2.74. The summed E-state index contributed by atoms with van der Waals surface area (Å²) in [5, 5.41) is 21.3. The van der Waals surface area contributed by atoms with Crippen LogP contribution in [0, 0.1) is 0 Å². The smallest absolute Gasteiger partial charge is 0.409 e. The highest BCUT2D eigenvalue weighted by atomic mass is 32.2. The summed E-state index contributed by atoms with van der Waals surface area (Å²) in [6, 6.07) is 26.8. The number of carbonyl (C=O) groups is 5. The monoisotopic (exact) mass is 863 g/mol. The number of hydrogen-bond donors (Lipinski definition) is 3. The third-order valence-corrected chi connectivity index (χ3v) is 14.2. The zero-order chi connectivity index (χ0) is 42.7. The molecule has 1 aromatic heterocycles. The van der Waals surface area contributed by atoms with Gasteiger partial charge in [0.05, 0.1) is 12.6 Å². The molecule has 0 spiro atoms. The van der Waals surface area contributed by atoms with Gasteiger partial charge < -0.3 is 35.5 Å². The van der Waals surface area contributed by atoms with Crippen LogP contribution < -0.4 is 11.1 Å². The van der Waals surface area contributed by atoms with Crippen LogP contribution in [0.4, 0.5) is 9.93 Å². The standard InChI is InChI=1S/C44H45N7O8S2/c1-2-58-43(57)49-22-19-32(20-23-49)50-24-18-28(38(50)53)27-61-25-21-34-36(39(54)51(34)40(61)41(55)56)47-37(52)35(33-26-60-42(45)46-33)48-59-44(29-12-6-3-7-13-29,30-14-8-4-9-15-30)31-16-10-5-11-17-31/h3-17,26-27,32,34,36H,2,18-25H2,1H3,(H2,45,46)(H,47,52)(H,55,56)/b28-27+,48-35-/t34-,36-,61?/m1/s1. The lowest BCUT2D eigenvalue weighted by atomic mass is 9.80. The van der Waals surface area contributed by atoms with Gasteiger partial charge in [0.15, 0.2) is 15.8 Å². The van der Waals surface area contributed by atoms with E-state index in [1.165, 1.54) is 4.90 Å². The van der Waals surface area contributed by atoms with Crippen molar-refractivity contribution >= 4 is 67.4 Å². The van der Waals surface area contributed by atoms with E-state index in [-0.39, 0.29) is 39.6 Å². The van der Waals surface area contributed by atoms with Crippen LogP contribution in [0.25, 0.3) is 0 Å². The number of ether oxygens (including phenoxy) is 1. The molecule has 316 valence electrons. The van der Waals surface area contributed by atoms with Crippen molar-refractivity contribution < 1.29 is 38.7 Å². The van der Waals surface area contributed by atoms with E-state index in [1.54, 1.807) is 22.6 Å². The van der Waals surface area contributed by atoms with Crippen LogP contribution in [0.15, 0.2) is 113 Å². The second-order valence-electron chi connectivity index (χ2n) is 14.9. The van der Waals surface area contributed by atoms with Gasteiger partial charge in [0.25, 0.3) is 17.7 Å². The number of piperidine rings is 1. The summed E-state index contributed by atoms with van der Waals surface area (Å²) < 4.78 is 5.12. The molecule has 4 aliphatic heterocycles. The number of amides is 4. The van der Waals surface area contributed by atoms with E-state index in [1.807, 2.05) is 95.9 Å². The van der Waals surface area contributed by atoms with Crippen molar-refractivity contribution in [2.24, 2.45) is 5.16 Å². The van der Waals surface area contributed by atoms with Crippen LogP contribution in [0.5, 0.6) is 0 Å². The van der Waals surface area contributed by atoms with Gasteiger partial charge in [0.2, 0.25) is 5.60 Å². The average Bonchev–Trinajstić information content (AvgIpc) is 3.89. The molecule has 4 aromatic rings. The summed E-state index contributed by atoms with van der Waals surface area (Å²) in [5.41, 5.74) is 7.38. The highest BCUT2D eigenvalue weighted by molar-refractivity contribution is 8.19. The molecule has 17 heteroatoms. The molecular formula is C44H45N7O8S2. The van der Waals surface area contributed by atoms with Gasteiger partial charge in [-0.2, -0.15) is 0 Å². The number of oxime groups is 1. The first-order valence-electron chi connectivity index (χ1n) is 20.1. The number of hydrogen-bond acceptors (Lipinski definition) is 11. The van der Waals surface area contributed by atoms with E-state index in [0.717, 1.165) is 28.0 Å². The van der Waals surface area contributed by atoms with Crippen molar-refractivity contribution in [3.63, 3.8) is 0 Å². The number of aliphatic carboxylic acids is 1. The molecular weight excluding hydrogens is 819 g/mol. The number of carboxylic acids is 1. The topological polar surface area (TPSA) is 197 Å². The van der Waals surface area contributed by atoms with Crippen LogP contribution >= 0.6 is 21.8 Å². The van der Waals surface area contributed by atoms with Gasteiger partial charge in [-0.1, -0.05) is 96.2 Å². The Morgan fingerprint density at radius 2 is 1.56 bits per heavy atom. The van der Waals surface area contributed by atoms with E-state index >= 15 is 0 Å². The Bertz CT molecular complexity index is 2320. The predicted molar refractivity (Wildman–Crippen MR) is 232 cm³/mol. The Kier molecular flexibility index (Phi) is 12.0.